The van der Waals surface area contributed by atoms with Gasteiger partial charge >= 0.3 is 5.97 Å². The van der Waals surface area contributed by atoms with Gasteiger partial charge in [0.2, 0.25) is 0 Å². The van der Waals surface area contributed by atoms with Crippen LogP contribution in [0, 0.1) is 0 Å². The molecule has 0 aliphatic carbocycles. The van der Waals surface area contributed by atoms with Gasteiger partial charge in [-0.1, -0.05) is 24.3 Å². The van der Waals surface area contributed by atoms with Gasteiger partial charge in [-0.25, -0.2) is 4.79 Å². The standard InChI is InChI=1S/C14H17NO3/c1-15-8-7-10(14(17)18-2)9-12(15)11-5-3-4-6-13(11)16/h3-6,9,12,16H,7-8H2,1-2H3. The summed E-state index contributed by atoms with van der Waals surface area (Å²) in [5.41, 5.74) is 1.48. The average Bonchev–Trinajstić information content (AvgIpc) is 2.39. The highest BCUT2D eigenvalue weighted by Gasteiger charge is 2.25. The van der Waals surface area contributed by atoms with Gasteiger partial charge in [-0.05, 0) is 19.5 Å². The minimum absolute atomic E-state index is 0.0888. The number of methoxy groups -OCH3 is 1. The largest absolute Gasteiger partial charge is 0.508 e. The van der Waals surface area contributed by atoms with Crippen molar-refractivity contribution in [3.8, 4) is 5.75 Å². The first-order valence-corrected chi connectivity index (χ1v) is 5.90. The van der Waals surface area contributed by atoms with Crippen LogP contribution in [0.1, 0.15) is 18.0 Å². The molecule has 1 aliphatic rings. The van der Waals surface area contributed by atoms with Crippen LogP contribution in [0.15, 0.2) is 35.9 Å². The second-order valence-corrected chi connectivity index (χ2v) is 4.42. The summed E-state index contributed by atoms with van der Waals surface area (Å²) in [5.74, 6) is -0.0414. The predicted molar refractivity (Wildman–Crippen MR) is 68.2 cm³/mol. The van der Waals surface area contributed by atoms with Gasteiger partial charge in [-0.2, -0.15) is 0 Å². The Hall–Kier alpha value is -1.81. The highest BCUT2D eigenvalue weighted by Crippen LogP contribution is 2.33. The van der Waals surface area contributed by atoms with Crippen molar-refractivity contribution in [2.45, 2.75) is 12.5 Å². The van der Waals surface area contributed by atoms with Crippen LogP contribution in [0.5, 0.6) is 5.75 Å². The predicted octanol–water partition coefficient (Wildman–Crippen LogP) is 1.87. The number of phenols is 1. The lowest BCUT2D eigenvalue weighted by molar-refractivity contribution is -0.136. The minimum atomic E-state index is -0.288. The molecule has 0 saturated carbocycles. The number of hydrogen-bond donors (Lipinski definition) is 1. The monoisotopic (exact) mass is 247 g/mol. The number of benzene rings is 1. The summed E-state index contributed by atoms with van der Waals surface area (Å²) in [5, 5.41) is 9.89. The highest BCUT2D eigenvalue weighted by atomic mass is 16.5. The van der Waals surface area contributed by atoms with E-state index in [0.29, 0.717) is 12.0 Å². The Bertz CT molecular complexity index is 482. The lowest BCUT2D eigenvalue weighted by Crippen LogP contribution is -2.30. The van der Waals surface area contributed by atoms with E-state index in [2.05, 4.69) is 4.90 Å². The molecule has 0 aromatic heterocycles. The Balaban J connectivity index is 2.36. The van der Waals surface area contributed by atoms with Gasteiger partial charge < -0.3 is 9.84 Å². The number of likely N-dealkylation sites (N-methyl/N-ethyl adjacent to an activating group) is 1. The molecule has 1 heterocycles. The van der Waals surface area contributed by atoms with Crippen LogP contribution in [0.25, 0.3) is 0 Å². The van der Waals surface area contributed by atoms with Crippen molar-refractivity contribution in [2.75, 3.05) is 20.7 Å². The first-order chi connectivity index (χ1) is 8.63. The van der Waals surface area contributed by atoms with Crippen LogP contribution in [0.2, 0.25) is 0 Å². The van der Waals surface area contributed by atoms with Gasteiger partial charge in [0.15, 0.2) is 0 Å². The van der Waals surface area contributed by atoms with Gasteiger partial charge in [-0.15, -0.1) is 0 Å². The Morgan fingerprint density at radius 2 is 2.17 bits per heavy atom. The van der Waals surface area contributed by atoms with Crippen molar-refractivity contribution in [3.05, 3.63) is 41.5 Å². The maximum Gasteiger partial charge on any atom is 0.333 e. The normalized spacial score (nSPS) is 20.3. The maximum atomic E-state index is 11.6. The van der Waals surface area contributed by atoms with Crippen molar-refractivity contribution in [2.24, 2.45) is 0 Å². The summed E-state index contributed by atoms with van der Waals surface area (Å²) in [6.07, 6.45) is 2.54. The number of phenolic OH excluding ortho intramolecular Hbond substituents is 1. The highest BCUT2D eigenvalue weighted by molar-refractivity contribution is 5.88. The molecule has 1 aliphatic heterocycles. The van der Waals surface area contributed by atoms with Crippen LogP contribution in [0.3, 0.4) is 0 Å². The zero-order chi connectivity index (χ0) is 13.1. The fourth-order valence-corrected chi connectivity index (χ4v) is 2.20. The molecule has 1 aromatic rings. The van der Waals surface area contributed by atoms with E-state index in [9.17, 15) is 9.90 Å². The second-order valence-electron chi connectivity index (χ2n) is 4.42. The summed E-state index contributed by atoms with van der Waals surface area (Å²) in [6, 6.07) is 7.10. The lowest BCUT2D eigenvalue weighted by atomic mass is 9.96. The maximum absolute atomic E-state index is 11.6. The lowest BCUT2D eigenvalue weighted by Gasteiger charge is -2.31. The van der Waals surface area contributed by atoms with E-state index in [4.69, 9.17) is 4.74 Å². The quantitative estimate of drug-likeness (QED) is 0.810. The van der Waals surface area contributed by atoms with Crippen LogP contribution in [-0.4, -0.2) is 36.7 Å². The van der Waals surface area contributed by atoms with E-state index < -0.39 is 0 Å². The number of rotatable bonds is 2. The molecule has 18 heavy (non-hydrogen) atoms. The second kappa shape index (κ2) is 5.23. The van der Waals surface area contributed by atoms with Crippen LogP contribution < -0.4 is 0 Å². The summed E-state index contributed by atoms with van der Waals surface area (Å²) in [7, 11) is 3.36. The number of carbonyl (C=O) groups excluding carboxylic acids is 1. The van der Waals surface area contributed by atoms with Crippen molar-refractivity contribution in [1.82, 2.24) is 4.90 Å². The molecule has 0 bridgehead atoms. The van der Waals surface area contributed by atoms with Crippen LogP contribution in [-0.2, 0) is 9.53 Å². The molecule has 1 N–H and O–H groups in total. The Morgan fingerprint density at radius 1 is 1.44 bits per heavy atom. The van der Waals surface area contributed by atoms with E-state index in [1.165, 1.54) is 7.11 Å². The van der Waals surface area contributed by atoms with E-state index in [1.807, 2.05) is 25.3 Å². The molecule has 4 heteroatoms. The number of hydrogen-bond acceptors (Lipinski definition) is 4. The molecule has 96 valence electrons. The van der Waals surface area contributed by atoms with E-state index in [-0.39, 0.29) is 17.8 Å². The number of nitrogens with zero attached hydrogens (tertiary/aromatic N) is 1. The van der Waals surface area contributed by atoms with Crippen LogP contribution in [0.4, 0.5) is 0 Å². The SMILES string of the molecule is COC(=O)C1=CC(c2ccccc2O)N(C)CC1. The summed E-state index contributed by atoms with van der Waals surface area (Å²) < 4.78 is 4.75. The van der Waals surface area contributed by atoms with Crippen molar-refractivity contribution in [1.29, 1.82) is 0 Å². The van der Waals surface area contributed by atoms with Crippen molar-refractivity contribution < 1.29 is 14.6 Å². The minimum Gasteiger partial charge on any atom is -0.508 e. The Kier molecular flexibility index (Phi) is 3.67. The smallest absolute Gasteiger partial charge is 0.333 e. The third kappa shape index (κ3) is 2.38. The summed E-state index contributed by atoms with van der Waals surface area (Å²) in [6.45, 7) is 0.764. The van der Waals surface area contributed by atoms with E-state index in [0.717, 1.165) is 12.1 Å². The third-order valence-electron chi connectivity index (χ3n) is 3.27. The Morgan fingerprint density at radius 3 is 2.83 bits per heavy atom. The molecule has 1 unspecified atom stereocenters. The fourth-order valence-electron chi connectivity index (χ4n) is 2.20. The molecule has 0 fully saturated rings. The molecule has 2 rings (SSSR count). The van der Waals surface area contributed by atoms with Gasteiger partial charge in [-0.3, -0.25) is 4.90 Å². The summed E-state index contributed by atoms with van der Waals surface area (Å²) >= 11 is 0. The number of para-hydroxylation sites is 1. The first kappa shape index (κ1) is 12.6. The molecule has 4 nitrogen and oxygen atoms in total. The number of carbonyl (C=O) groups is 1. The molecule has 0 spiro atoms. The number of esters is 1. The fraction of sp³-hybridized carbons (Fsp3) is 0.357. The van der Waals surface area contributed by atoms with E-state index >= 15 is 0 Å². The van der Waals surface area contributed by atoms with Gasteiger partial charge in [0, 0.05) is 17.7 Å². The average molecular weight is 247 g/mol. The number of ether oxygens (including phenoxy) is 1. The molecular formula is C14H17NO3. The zero-order valence-corrected chi connectivity index (χ0v) is 10.6. The van der Waals surface area contributed by atoms with E-state index in [1.54, 1.807) is 12.1 Å². The first-order valence-electron chi connectivity index (χ1n) is 5.90. The van der Waals surface area contributed by atoms with Gasteiger partial charge in [0.25, 0.3) is 0 Å². The molecule has 1 aromatic carbocycles. The number of aromatic hydroxyl groups is 1. The molecule has 0 amide bonds. The Labute approximate surface area is 106 Å². The van der Waals surface area contributed by atoms with Gasteiger partial charge in [0.05, 0.1) is 13.2 Å². The topological polar surface area (TPSA) is 49.8 Å². The molecular weight excluding hydrogens is 230 g/mol. The third-order valence-corrected chi connectivity index (χ3v) is 3.27. The van der Waals surface area contributed by atoms with Crippen LogP contribution >= 0.6 is 0 Å². The summed E-state index contributed by atoms with van der Waals surface area (Å²) in [4.78, 5) is 13.7. The molecule has 1 atom stereocenters. The van der Waals surface area contributed by atoms with Crippen molar-refractivity contribution >= 4 is 5.97 Å². The van der Waals surface area contributed by atoms with Gasteiger partial charge in [0.1, 0.15) is 5.75 Å². The zero-order valence-electron chi connectivity index (χ0n) is 10.6. The molecule has 0 radical (unpaired) electrons. The molecule has 0 saturated heterocycles. The van der Waals surface area contributed by atoms with Crippen molar-refractivity contribution in [3.63, 3.8) is 0 Å².